The SMILES string of the molecule is Cc1ccc2c(=O)c(C(=O)c3ccccc3)cn(CC(=O)NC3CCCCC3)c2n1. The molecule has 0 atom stereocenters. The summed E-state index contributed by atoms with van der Waals surface area (Å²) in [6, 6.07) is 12.3. The van der Waals surface area contributed by atoms with Gasteiger partial charge in [0.15, 0.2) is 5.78 Å². The number of nitrogens with zero attached hydrogens (tertiary/aromatic N) is 2. The van der Waals surface area contributed by atoms with E-state index in [0.717, 1.165) is 31.4 Å². The molecule has 0 aliphatic heterocycles. The Kier molecular flexibility index (Phi) is 5.74. The van der Waals surface area contributed by atoms with Gasteiger partial charge in [-0.25, -0.2) is 4.98 Å². The Hall–Kier alpha value is -3.28. The topological polar surface area (TPSA) is 81.1 Å². The zero-order valence-corrected chi connectivity index (χ0v) is 17.1. The highest BCUT2D eigenvalue weighted by Gasteiger charge is 2.20. The lowest BCUT2D eigenvalue weighted by atomic mass is 9.95. The van der Waals surface area contributed by atoms with Crippen LogP contribution in [0.25, 0.3) is 11.0 Å². The van der Waals surface area contributed by atoms with Crippen LogP contribution in [-0.2, 0) is 11.3 Å². The van der Waals surface area contributed by atoms with E-state index in [0.29, 0.717) is 16.6 Å². The second kappa shape index (κ2) is 8.61. The predicted octanol–water partition coefficient (Wildman–Crippen LogP) is 3.38. The highest BCUT2D eigenvalue weighted by atomic mass is 16.2. The number of fused-ring (bicyclic) bond motifs is 1. The van der Waals surface area contributed by atoms with Gasteiger partial charge in [-0.1, -0.05) is 49.6 Å². The second-order valence-corrected chi connectivity index (χ2v) is 7.92. The Morgan fingerprint density at radius 3 is 2.53 bits per heavy atom. The molecule has 154 valence electrons. The molecule has 1 N–H and O–H groups in total. The Morgan fingerprint density at radius 1 is 1.07 bits per heavy atom. The van der Waals surface area contributed by atoms with Crippen LogP contribution >= 0.6 is 0 Å². The smallest absolute Gasteiger partial charge is 0.240 e. The lowest BCUT2D eigenvalue weighted by molar-refractivity contribution is -0.122. The largest absolute Gasteiger partial charge is 0.352 e. The molecule has 1 aromatic carbocycles. The lowest BCUT2D eigenvalue weighted by Gasteiger charge is -2.23. The predicted molar refractivity (Wildman–Crippen MR) is 116 cm³/mol. The van der Waals surface area contributed by atoms with Crippen molar-refractivity contribution >= 4 is 22.7 Å². The quantitative estimate of drug-likeness (QED) is 0.662. The van der Waals surface area contributed by atoms with Gasteiger partial charge in [0.25, 0.3) is 0 Å². The van der Waals surface area contributed by atoms with Crippen LogP contribution in [0.2, 0.25) is 0 Å². The monoisotopic (exact) mass is 403 g/mol. The van der Waals surface area contributed by atoms with E-state index in [9.17, 15) is 14.4 Å². The van der Waals surface area contributed by atoms with Gasteiger partial charge in [0.1, 0.15) is 12.2 Å². The molecule has 2 aromatic heterocycles. The van der Waals surface area contributed by atoms with Gasteiger partial charge < -0.3 is 9.88 Å². The summed E-state index contributed by atoms with van der Waals surface area (Å²) in [5.74, 6) is -0.488. The molecule has 0 bridgehead atoms. The number of hydrogen-bond donors (Lipinski definition) is 1. The lowest BCUT2D eigenvalue weighted by Crippen LogP contribution is -2.38. The van der Waals surface area contributed by atoms with E-state index in [4.69, 9.17) is 0 Å². The van der Waals surface area contributed by atoms with E-state index < -0.39 is 0 Å². The van der Waals surface area contributed by atoms with Crippen molar-refractivity contribution in [2.45, 2.75) is 51.6 Å². The summed E-state index contributed by atoms with van der Waals surface area (Å²) < 4.78 is 1.62. The number of nitrogens with one attached hydrogen (secondary N) is 1. The standard InChI is InChI=1S/C24H25N3O3/c1-16-12-13-19-23(30)20(22(29)17-8-4-2-5-9-17)14-27(24(19)25-16)15-21(28)26-18-10-6-3-7-11-18/h2,4-5,8-9,12-14,18H,3,6-7,10-11,15H2,1H3,(H,26,28). The summed E-state index contributed by atoms with van der Waals surface area (Å²) in [4.78, 5) is 43.2. The molecule has 30 heavy (non-hydrogen) atoms. The fourth-order valence-corrected chi connectivity index (χ4v) is 4.06. The third kappa shape index (κ3) is 4.17. The van der Waals surface area contributed by atoms with E-state index in [-0.39, 0.29) is 35.3 Å². The number of aromatic nitrogens is 2. The highest BCUT2D eigenvalue weighted by molar-refractivity contribution is 6.10. The third-order valence-electron chi connectivity index (χ3n) is 5.63. The fourth-order valence-electron chi connectivity index (χ4n) is 4.06. The molecule has 0 unspecified atom stereocenters. The molecule has 2 heterocycles. The van der Waals surface area contributed by atoms with Crippen LogP contribution in [0.5, 0.6) is 0 Å². The van der Waals surface area contributed by atoms with Gasteiger partial charge in [-0.05, 0) is 31.9 Å². The van der Waals surface area contributed by atoms with Crippen LogP contribution in [-0.4, -0.2) is 27.3 Å². The van der Waals surface area contributed by atoms with Crippen molar-refractivity contribution in [2.75, 3.05) is 0 Å². The minimum atomic E-state index is -0.365. The number of pyridine rings is 2. The van der Waals surface area contributed by atoms with Crippen LogP contribution in [0, 0.1) is 6.92 Å². The van der Waals surface area contributed by atoms with Crippen LogP contribution in [0.15, 0.2) is 53.5 Å². The van der Waals surface area contributed by atoms with Crippen LogP contribution in [0.4, 0.5) is 0 Å². The van der Waals surface area contributed by atoms with Crippen molar-refractivity contribution in [3.63, 3.8) is 0 Å². The molecule has 1 amide bonds. The number of hydrogen-bond acceptors (Lipinski definition) is 4. The van der Waals surface area contributed by atoms with Gasteiger partial charge >= 0.3 is 0 Å². The first kappa shape index (κ1) is 20.0. The van der Waals surface area contributed by atoms with E-state index in [1.54, 1.807) is 41.0 Å². The van der Waals surface area contributed by atoms with Gasteiger partial charge in [-0.3, -0.25) is 14.4 Å². The average Bonchev–Trinajstić information content (AvgIpc) is 2.76. The molecule has 4 rings (SSSR count). The number of rotatable bonds is 5. The number of amides is 1. The summed E-state index contributed by atoms with van der Waals surface area (Å²) in [5.41, 5.74) is 1.28. The molecule has 1 aliphatic carbocycles. The van der Waals surface area contributed by atoms with Gasteiger partial charge in [0, 0.05) is 23.5 Å². The van der Waals surface area contributed by atoms with Crippen molar-refractivity contribution in [1.82, 2.24) is 14.9 Å². The van der Waals surface area contributed by atoms with Crippen LogP contribution < -0.4 is 10.7 Å². The highest BCUT2D eigenvalue weighted by Crippen LogP contribution is 2.18. The summed E-state index contributed by atoms with van der Waals surface area (Å²) in [6.07, 6.45) is 6.93. The van der Waals surface area contributed by atoms with E-state index >= 15 is 0 Å². The van der Waals surface area contributed by atoms with E-state index in [1.807, 2.05) is 13.0 Å². The summed E-state index contributed by atoms with van der Waals surface area (Å²) in [5, 5.41) is 3.43. The molecule has 6 nitrogen and oxygen atoms in total. The summed E-state index contributed by atoms with van der Waals surface area (Å²) in [7, 11) is 0. The number of ketones is 1. The number of carbonyl (C=O) groups excluding carboxylic acids is 2. The first-order valence-electron chi connectivity index (χ1n) is 10.4. The Balaban J connectivity index is 1.72. The van der Waals surface area contributed by atoms with Gasteiger partial charge in [-0.2, -0.15) is 0 Å². The van der Waals surface area contributed by atoms with Crippen molar-refractivity contribution < 1.29 is 9.59 Å². The zero-order valence-electron chi connectivity index (χ0n) is 17.1. The second-order valence-electron chi connectivity index (χ2n) is 7.92. The van der Waals surface area contributed by atoms with Crippen molar-refractivity contribution in [2.24, 2.45) is 0 Å². The molecule has 1 saturated carbocycles. The van der Waals surface area contributed by atoms with Crippen molar-refractivity contribution in [3.05, 3.63) is 75.7 Å². The normalized spacial score (nSPS) is 14.6. The maximum absolute atomic E-state index is 13.0. The van der Waals surface area contributed by atoms with Crippen LogP contribution in [0.1, 0.15) is 53.7 Å². The molecular weight excluding hydrogens is 378 g/mol. The van der Waals surface area contributed by atoms with Crippen molar-refractivity contribution in [1.29, 1.82) is 0 Å². The van der Waals surface area contributed by atoms with Gasteiger partial charge in [0.2, 0.25) is 11.3 Å². The number of carbonyl (C=O) groups is 2. The molecule has 1 fully saturated rings. The molecular formula is C24H25N3O3. The Morgan fingerprint density at radius 2 is 1.80 bits per heavy atom. The van der Waals surface area contributed by atoms with Crippen LogP contribution in [0.3, 0.4) is 0 Å². The van der Waals surface area contributed by atoms with Crippen molar-refractivity contribution in [3.8, 4) is 0 Å². The molecule has 1 aliphatic rings. The maximum Gasteiger partial charge on any atom is 0.240 e. The summed E-state index contributed by atoms with van der Waals surface area (Å²) in [6.45, 7) is 1.85. The first-order chi connectivity index (χ1) is 14.5. The van der Waals surface area contributed by atoms with E-state index in [2.05, 4.69) is 10.3 Å². The van der Waals surface area contributed by atoms with Gasteiger partial charge in [-0.15, -0.1) is 0 Å². The fraction of sp³-hybridized carbons (Fsp3) is 0.333. The maximum atomic E-state index is 13.0. The molecule has 3 aromatic rings. The molecule has 0 radical (unpaired) electrons. The zero-order chi connectivity index (χ0) is 21.1. The third-order valence-corrected chi connectivity index (χ3v) is 5.63. The molecule has 0 spiro atoms. The number of aryl methyl sites for hydroxylation is 1. The number of benzene rings is 1. The van der Waals surface area contributed by atoms with E-state index in [1.165, 1.54) is 12.6 Å². The summed E-state index contributed by atoms with van der Waals surface area (Å²) >= 11 is 0. The Bertz CT molecular complexity index is 1150. The molecule has 6 heteroatoms. The van der Waals surface area contributed by atoms with Gasteiger partial charge in [0.05, 0.1) is 10.9 Å². The minimum absolute atomic E-state index is 0.0127. The Labute approximate surface area is 174 Å². The average molecular weight is 403 g/mol. The molecule has 0 saturated heterocycles. The first-order valence-corrected chi connectivity index (χ1v) is 10.4. The minimum Gasteiger partial charge on any atom is -0.352 e.